The minimum absolute atomic E-state index is 0.00662. The summed E-state index contributed by atoms with van der Waals surface area (Å²) in [4.78, 5) is 17.9. The van der Waals surface area contributed by atoms with Gasteiger partial charge in [-0.2, -0.15) is 0 Å². The first-order valence-corrected chi connectivity index (χ1v) is 11.1. The van der Waals surface area contributed by atoms with Crippen LogP contribution in [0, 0.1) is 0 Å². The van der Waals surface area contributed by atoms with E-state index < -0.39 is 0 Å². The molecule has 0 unspecified atom stereocenters. The summed E-state index contributed by atoms with van der Waals surface area (Å²) in [6, 6.07) is 15.9. The number of guanidine groups is 1. The van der Waals surface area contributed by atoms with Gasteiger partial charge in [0.2, 0.25) is 0 Å². The number of carbonyl (C=O) groups is 1. The number of rotatable bonds is 7. The summed E-state index contributed by atoms with van der Waals surface area (Å²) < 4.78 is 6.10. The van der Waals surface area contributed by atoms with Gasteiger partial charge in [-0.25, -0.2) is 0 Å². The number of carbonyl (C=O) groups excluding carboxylic acids is 1. The van der Waals surface area contributed by atoms with Crippen molar-refractivity contribution in [2.45, 2.75) is 51.3 Å². The molecule has 2 aromatic carbocycles. The highest BCUT2D eigenvalue weighted by Gasteiger charge is 2.14. The van der Waals surface area contributed by atoms with Crippen LogP contribution in [-0.2, 0) is 13.1 Å². The third-order valence-electron chi connectivity index (χ3n) is 5.53. The summed E-state index contributed by atoms with van der Waals surface area (Å²) in [6.07, 6.45) is 6.59. The predicted molar refractivity (Wildman–Crippen MR) is 125 cm³/mol. The molecule has 166 valence electrons. The van der Waals surface area contributed by atoms with Crippen molar-refractivity contribution in [1.29, 1.82) is 0 Å². The van der Waals surface area contributed by atoms with Crippen LogP contribution < -0.4 is 15.4 Å². The summed E-state index contributed by atoms with van der Waals surface area (Å²) in [7, 11) is 5.27. The number of aliphatic imine (C=N–C) groups is 1. The molecule has 0 aliphatic heterocycles. The van der Waals surface area contributed by atoms with E-state index in [9.17, 15) is 4.79 Å². The first-order chi connectivity index (χ1) is 15.0. The Labute approximate surface area is 185 Å². The zero-order valence-electron chi connectivity index (χ0n) is 18.9. The van der Waals surface area contributed by atoms with Gasteiger partial charge in [-0.3, -0.25) is 9.79 Å². The lowest BCUT2D eigenvalue weighted by molar-refractivity contribution is 0.0827. The normalized spacial score (nSPS) is 14.7. The molecular weight excluding hydrogens is 388 g/mol. The Bertz CT molecular complexity index is 854. The SMILES string of the molecule is CN=C(NCc1ccc(OC2CCCCC2)cc1)NCc1ccc(C(=O)N(C)C)cc1. The minimum Gasteiger partial charge on any atom is -0.490 e. The van der Waals surface area contributed by atoms with Gasteiger partial charge in [0, 0.05) is 39.8 Å². The van der Waals surface area contributed by atoms with Gasteiger partial charge >= 0.3 is 0 Å². The molecule has 0 aromatic heterocycles. The van der Waals surface area contributed by atoms with Crippen molar-refractivity contribution in [3.05, 3.63) is 65.2 Å². The van der Waals surface area contributed by atoms with Crippen LogP contribution in [0.1, 0.15) is 53.6 Å². The van der Waals surface area contributed by atoms with Crippen molar-refractivity contribution >= 4 is 11.9 Å². The lowest BCUT2D eigenvalue weighted by Gasteiger charge is -2.23. The van der Waals surface area contributed by atoms with Crippen LogP contribution in [-0.4, -0.2) is 44.0 Å². The molecule has 1 aliphatic rings. The van der Waals surface area contributed by atoms with Crippen LogP contribution in [0.3, 0.4) is 0 Å². The van der Waals surface area contributed by atoms with Gasteiger partial charge in [0.15, 0.2) is 5.96 Å². The van der Waals surface area contributed by atoms with E-state index in [1.165, 1.54) is 37.7 Å². The average Bonchev–Trinajstić information content (AvgIpc) is 2.80. The van der Waals surface area contributed by atoms with E-state index in [1.54, 1.807) is 26.0 Å². The number of ether oxygens (including phenoxy) is 1. The molecule has 6 heteroatoms. The third kappa shape index (κ3) is 7.02. The fraction of sp³-hybridized carbons (Fsp3) is 0.440. The molecule has 0 radical (unpaired) electrons. The second-order valence-corrected chi connectivity index (χ2v) is 8.20. The van der Waals surface area contributed by atoms with Crippen molar-refractivity contribution in [3.8, 4) is 5.75 Å². The third-order valence-corrected chi connectivity index (χ3v) is 5.53. The summed E-state index contributed by atoms with van der Waals surface area (Å²) in [5.41, 5.74) is 2.94. The molecule has 31 heavy (non-hydrogen) atoms. The van der Waals surface area contributed by atoms with Gasteiger partial charge < -0.3 is 20.3 Å². The summed E-state index contributed by atoms with van der Waals surface area (Å²) in [5.74, 6) is 1.69. The maximum atomic E-state index is 12.0. The van der Waals surface area contributed by atoms with Gasteiger partial charge in [0.25, 0.3) is 5.91 Å². The van der Waals surface area contributed by atoms with Crippen LogP contribution in [0.5, 0.6) is 5.75 Å². The highest BCUT2D eigenvalue weighted by atomic mass is 16.5. The number of nitrogens with zero attached hydrogens (tertiary/aromatic N) is 2. The lowest BCUT2D eigenvalue weighted by atomic mass is 9.98. The van der Waals surface area contributed by atoms with E-state index in [0.717, 1.165) is 17.3 Å². The molecule has 0 saturated heterocycles. The maximum absolute atomic E-state index is 12.0. The van der Waals surface area contributed by atoms with E-state index >= 15 is 0 Å². The zero-order valence-corrected chi connectivity index (χ0v) is 18.9. The number of benzene rings is 2. The molecule has 1 saturated carbocycles. The highest BCUT2D eigenvalue weighted by molar-refractivity contribution is 5.93. The number of amides is 1. The topological polar surface area (TPSA) is 66.0 Å². The first-order valence-electron chi connectivity index (χ1n) is 11.1. The second-order valence-electron chi connectivity index (χ2n) is 8.20. The molecule has 2 N–H and O–H groups in total. The first kappa shape index (κ1) is 22.7. The summed E-state index contributed by atoms with van der Waals surface area (Å²) >= 11 is 0. The van der Waals surface area contributed by atoms with E-state index in [0.29, 0.717) is 24.8 Å². The van der Waals surface area contributed by atoms with E-state index in [2.05, 4.69) is 39.9 Å². The minimum atomic E-state index is 0.00662. The van der Waals surface area contributed by atoms with Crippen LogP contribution in [0.15, 0.2) is 53.5 Å². The van der Waals surface area contributed by atoms with Gasteiger partial charge in [-0.1, -0.05) is 30.7 Å². The standard InChI is InChI=1S/C25H34N4O2/c1-26-25(27-17-19-9-13-21(14-10-19)24(30)29(2)3)28-18-20-11-15-23(16-12-20)31-22-7-5-4-6-8-22/h9-16,22H,4-8,17-18H2,1-3H3,(H2,26,27,28). The van der Waals surface area contributed by atoms with Crippen LogP contribution in [0.25, 0.3) is 0 Å². The Kier molecular flexibility index (Phi) is 8.33. The fourth-order valence-electron chi connectivity index (χ4n) is 3.68. The van der Waals surface area contributed by atoms with Crippen molar-refractivity contribution in [1.82, 2.24) is 15.5 Å². The quantitative estimate of drug-likeness (QED) is 0.524. The molecule has 1 fully saturated rings. The number of nitrogens with one attached hydrogen (secondary N) is 2. The van der Waals surface area contributed by atoms with Crippen LogP contribution >= 0.6 is 0 Å². The summed E-state index contributed by atoms with van der Waals surface area (Å²) in [5, 5.41) is 6.65. The Morgan fingerprint density at radius 1 is 0.935 bits per heavy atom. The smallest absolute Gasteiger partial charge is 0.253 e. The van der Waals surface area contributed by atoms with Gasteiger partial charge in [0.05, 0.1) is 6.10 Å². The molecule has 0 atom stereocenters. The lowest BCUT2D eigenvalue weighted by Crippen LogP contribution is -2.36. The maximum Gasteiger partial charge on any atom is 0.253 e. The second kappa shape index (κ2) is 11.4. The molecule has 0 spiro atoms. The van der Waals surface area contributed by atoms with Crippen molar-refractivity contribution < 1.29 is 9.53 Å². The number of hydrogen-bond donors (Lipinski definition) is 2. The van der Waals surface area contributed by atoms with Crippen molar-refractivity contribution in [2.24, 2.45) is 4.99 Å². The highest BCUT2D eigenvalue weighted by Crippen LogP contribution is 2.23. The van der Waals surface area contributed by atoms with Gasteiger partial charge in [0.1, 0.15) is 5.75 Å². The van der Waals surface area contributed by atoms with Crippen LogP contribution in [0.4, 0.5) is 0 Å². The van der Waals surface area contributed by atoms with Crippen molar-refractivity contribution in [2.75, 3.05) is 21.1 Å². The van der Waals surface area contributed by atoms with Crippen LogP contribution in [0.2, 0.25) is 0 Å². The predicted octanol–water partition coefficient (Wildman–Crippen LogP) is 3.97. The molecule has 6 nitrogen and oxygen atoms in total. The zero-order chi connectivity index (χ0) is 22.1. The Morgan fingerprint density at radius 3 is 2.00 bits per heavy atom. The molecular formula is C25H34N4O2. The van der Waals surface area contributed by atoms with Gasteiger partial charge in [-0.05, 0) is 61.1 Å². The van der Waals surface area contributed by atoms with E-state index in [1.807, 2.05) is 24.3 Å². The Morgan fingerprint density at radius 2 is 1.48 bits per heavy atom. The molecule has 1 aliphatic carbocycles. The number of hydrogen-bond acceptors (Lipinski definition) is 3. The Balaban J connectivity index is 1.44. The molecule has 3 rings (SSSR count). The summed E-state index contributed by atoms with van der Waals surface area (Å²) in [6.45, 7) is 1.31. The van der Waals surface area contributed by atoms with Gasteiger partial charge in [-0.15, -0.1) is 0 Å². The average molecular weight is 423 g/mol. The van der Waals surface area contributed by atoms with E-state index in [4.69, 9.17) is 4.74 Å². The van der Waals surface area contributed by atoms with E-state index in [-0.39, 0.29) is 5.91 Å². The van der Waals surface area contributed by atoms with Crippen molar-refractivity contribution in [3.63, 3.8) is 0 Å². The molecule has 1 amide bonds. The monoisotopic (exact) mass is 422 g/mol. The molecule has 0 bridgehead atoms. The molecule has 0 heterocycles. The Hall–Kier alpha value is -3.02. The largest absolute Gasteiger partial charge is 0.490 e. The fourth-order valence-corrected chi connectivity index (χ4v) is 3.68. The molecule has 2 aromatic rings.